The van der Waals surface area contributed by atoms with Crippen LogP contribution in [0.25, 0.3) is 10.9 Å². The molecular formula is C27H23N5O3. The summed E-state index contributed by atoms with van der Waals surface area (Å²) in [5.41, 5.74) is 6.23. The molecule has 0 bridgehead atoms. The van der Waals surface area contributed by atoms with Crippen molar-refractivity contribution in [1.82, 2.24) is 24.6 Å². The first-order valence-corrected chi connectivity index (χ1v) is 11.7. The fourth-order valence-corrected chi connectivity index (χ4v) is 5.29. The summed E-state index contributed by atoms with van der Waals surface area (Å²) >= 11 is 0. The van der Waals surface area contributed by atoms with Gasteiger partial charge in [-0.15, -0.1) is 0 Å². The van der Waals surface area contributed by atoms with E-state index in [0.29, 0.717) is 25.1 Å². The van der Waals surface area contributed by atoms with Gasteiger partial charge in [0.1, 0.15) is 0 Å². The molecule has 0 radical (unpaired) electrons. The Morgan fingerprint density at radius 2 is 2.00 bits per heavy atom. The summed E-state index contributed by atoms with van der Waals surface area (Å²) in [5.74, 6) is 1.43. The van der Waals surface area contributed by atoms with E-state index in [4.69, 9.17) is 9.47 Å². The third-order valence-electron chi connectivity index (χ3n) is 6.91. The van der Waals surface area contributed by atoms with Crippen molar-refractivity contribution in [1.29, 1.82) is 0 Å². The summed E-state index contributed by atoms with van der Waals surface area (Å²) in [6.07, 6.45) is 6.32. The highest BCUT2D eigenvalue weighted by atomic mass is 16.7. The van der Waals surface area contributed by atoms with Crippen molar-refractivity contribution in [2.75, 3.05) is 13.3 Å². The van der Waals surface area contributed by atoms with Crippen molar-refractivity contribution in [2.45, 2.75) is 19.0 Å². The van der Waals surface area contributed by atoms with Gasteiger partial charge in [-0.25, -0.2) is 0 Å². The lowest BCUT2D eigenvalue weighted by Crippen LogP contribution is -2.29. The number of para-hydroxylation sites is 1. The van der Waals surface area contributed by atoms with Crippen molar-refractivity contribution < 1.29 is 14.3 Å². The van der Waals surface area contributed by atoms with E-state index in [1.54, 1.807) is 6.20 Å². The Bertz CT molecular complexity index is 1560. The molecule has 0 saturated carbocycles. The first kappa shape index (κ1) is 20.0. The van der Waals surface area contributed by atoms with Crippen LogP contribution in [0.2, 0.25) is 0 Å². The third kappa shape index (κ3) is 3.21. The van der Waals surface area contributed by atoms with Gasteiger partial charge in [0, 0.05) is 53.8 Å². The van der Waals surface area contributed by atoms with Gasteiger partial charge in [0.05, 0.1) is 18.2 Å². The third-order valence-corrected chi connectivity index (χ3v) is 6.91. The number of nitrogens with one attached hydrogen (secondary N) is 2. The van der Waals surface area contributed by atoms with Gasteiger partial charge >= 0.3 is 0 Å². The molecule has 5 heterocycles. The number of benzene rings is 2. The van der Waals surface area contributed by atoms with E-state index >= 15 is 0 Å². The van der Waals surface area contributed by atoms with Crippen LogP contribution in [0, 0.1) is 0 Å². The van der Waals surface area contributed by atoms with Crippen LogP contribution < -0.4 is 14.8 Å². The number of hydrogen-bond donors (Lipinski definition) is 2. The number of aromatic nitrogens is 4. The minimum Gasteiger partial charge on any atom is -0.454 e. The van der Waals surface area contributed by atoms with Gasteiger partial charge in [0.15, 0.2) is 11.5 Å². The van der Waals surface area contributed by atoms with Crippen molar-refractivity contribution in [2.24, 2.45) is 0 Å². The molecule has 8 heteroatoms. The average molecular weight is 466 g/mol. The monoisotopic (exact) mass is 465 g/mol. The van der Waals surface area contributed by atoms with Crippen LogP contribution in [0.5, 0.6) is 11.5 Å². The van der Waals surface area contributed by atoms with Gasteiger partial charge in [-0.05, 0) is 41.5 Å². The van der Waals surface area contributed by atoms with Crippen LogP contribution >= 0.6 is 0 Å². The zero-order valence-corrected chi connectivity index (χ0v) is 18.9. The zero-order valence-electron chi connectivity index (χ0n) is 18.9. The van der Waals surface area contributed by atoms with Crippen LogP contribution in [0.4, 0.5) is 0 Å². The Hall–Kier alpha value is -4.46. The summed E-state index contributed by atoms with van der Waals surface area (Å²) in [6, 6.07) is 18.1. The van der Waals surface area contributed by atoms with E-state index in [9.17, 15) is 4.79 Å². The molecule has 174 valence electrons. The Morgan fingerprint density at radius 1 is 1.09 bits per heavy atom. The highest BCUT2D eigenvalue weighted by Gasteiger charge is 2.33. The van der Waals surface area contributed by atoms with Gasteiger partial charge in [0.25, 0.3) is 5.91 Å². The molecule has 1 amide bonds. The van der Waals surface area contributed by atoms with E-state index in [0.717, 1.165) is 34.0 Å². The number of H-pyrrole nitrogens is 1. The number of carbonyl (C=O) groups is 1. The van der Waals surface area contributed by atoms with Crippen LogP contribution in [0.1, 0.15) is 38.9 Å². The second-order valence-corrected chi connectivity index (χ2v) is 8.86. The first-order valence-electron chi connectivity index (χ1n) is 11.7. The predicted octanol–water partition coefficient (Wildman–Crippen LogP) is 3.87. The Kier molecular flexibility index (Phi) is 4.45. The first-order chi connectivity index (χ1) is 17.3. The lowest BCUT2D eigenvalue weighted by atomic mass is 9.92. The van der Waals surface area contributed by atoms with Gasteiger partial charge < -0.3 is 24.3 Å². The molecule has 1 atom stereocenters. The minimum atomic E-state index is -0.110. The lowest BCUT2D eigenvalue weighted by Gasteiger charge is -2.28. The summed E-state index contributed by atoms with van der Waals surface area (Å²) in [5, 5.41) is 8.45. The summed E-state index contributed by atoms with van der Waals surface area (Å²) in [7, 11) is 0. The van der Waals surface area contributed by atoms with Crippen LogP contribution in [0.3, 0.4) is 0 Å². The summed E-state index contributed by atoms with van der Waals surface area (Å²) in [6.45, 7) is 1.37. The molecule has 5 aromatic rings. The average Bonchev–Trinajstić information content (AvgIpc) is 3.68. The molecule has 0 spiro atoms. The maximum absolute atomic E-state index is 13.2. The highest BCUT2D eigenvalue weighted by Crippen LogP contribution is 2.43. The minimum absolute atomic E-state index is 0.0707. The highest BCUT2D eigenvalue weighted by molar-refractivity contribution is 5.96. The van der Waals surface area contributed by atoms with Crippen molar-refractivity contribution >= 4 is 16.8 Å². The Balaban J connectivity index is 1.29. The molecule has 0 saturated heterocycles. The molecule has 2 N–H and O–H groups in total. The van der Waals surface area contributed by atoms with Crippen LogP contribution in [0.15, 0.2) is 73.2 Å². The van der Waals surface area contributed by atoms with Crippen molar-refractivity contribution in [3.8, 4) is 11.5 Å². The molecule has 2 aliphatic heterocycles. The van der Waals surface area contributed by atoms with Gasteiger partial charge in [0.2, 0.25) is 6.79 Å². The van der Waals surface area contributed by atoms with Crippen molar-refractivity contribution in [3.05, 3.63) is 101 Å². The normalized spacial score (nSPS) is 15.7. The maximum atomic E-state index is 13.2. The number of amides is 1. The number of ether oxygens (including phenoxy) is 2. The largest absolute Gasteiger partial charge is 0.454 e. The number of fused-ring (bicyclic) bond motifs is 5. The standard InChI is InChI=1S/C27H23N5O3/c33-27(28-10-13-31-11-3-9-29-31)19-8-12-32-22(19)15-20-18-4-1-2-5-21(18)30-25(20)26(32)17-6-7-23-24(14-17)35-16-34-23/h1-9,11-12,14,26,30H,10,13,15-16H2,(H,28,33). The summed E-state index contributed by atoms with van der Waals surface area (Å²) < 4.78 is 15.2. The molecule has 0 aliphatic carbocycles. The smallest absolute Gasteiger partial charge is 0.253 e. The topological polar surface area (TPSA) is 86.1 Å². The SMILES string of the molecule is O=C(NCCn1cccn1)c1ccn2c1Cc1c([nH]c3ccccc13)C2c1ccc2c(c1)OCO2. The maximum Gasteiger partial charge on any atom is 0.253 e. The molecule has 8 nitrogen and oxygen atoms in total. The Labute approximate surface area is 201 Å². The lowest BCUT2D eigenvalue weighted by molar-refractivity contribution is 0.0951. The van der Waals surface area contributed by atoms with E-state index in [-0.39, 0.29) is 18.7 Å². The van der Waals surface area contributed by atoms with E-state index in [2.05, 4.69) is 44.2 Å². The number of hydrogen-bond acceptors (Lipinski definition) is 4. The summed E-state index contributed by atoms with van der Waals surface area (Å²) in [4.78, 5) is 16.9. The van der Waals surface area contributed by atoms with E-state index in [1.807, 2.05) is 47.4 Å². The molecule has 7 rings (SSSR count). The molecule has 3 aromatic heterocycles. The van der Waals surface area contributed by atoms with Crippen LogP contribution in [-0.2, 0) is 13.0 Å². The fraction of sp³-hybridized carbons (Fsp3) is 0.185. The second-order valence-electron chi connectivity index (χ2n) is 8.86. The predicted molar refractivity (Wildman–Crippen MR) is 130 cm³/mol. The number of carbonyl (C=O) groups excluding carboxylic acids is 1. The number of rotatable bonds is 5. The van der Waals surface area contributed by atoms with Crippen molar-refractivity contribution in [3.63, 3.8) is 0 Å². The molecule has 2 aromatic carbocycles. The van der Waals surface area contributed by atoms with Gasteiger partial charge in [-0.2, -0.15) is 5.10 Å². The molecular weight excluding hydrogens is 442 g/mol. The van der Waals surface area contributed by atoms with Gasteiger partial charge in [-0.3, -0.25) is 9.48 Å². The van der Waals surface area contributed by atoms with E-state index < -0.39 is 0 Å². The zero-order chi connectivity index (χ0) is 23.4. The van der Waals surface area contributed by atoms with Crippen LogP contribution in [-0.4, -0.2) is 38.6 Å². The Morgan fingerprint density at radius 3 is 2.91 bits per heavy atom. The number of aromatic amines is 1. The fourth-order valence-electron chi connectivity index (χ4n) is 5.29. The molecule has 2 aliphatic rings. The quantitative estimate of drug-likeness (QED) is 0.405. The second kappa shape index (κ2) is 7.80. The molecule has 1 unspecified atom stereocenters. The van der Waals surface area contributed by atoms with Gasteiger partial charge in [-0.1, -0.05) is 24.3 Å². The molecule has 35 heavy (non-hydrogen) atoms. The molecule has 0 fully saturated rings. The number of nitrogens with zero attached hydrogens (tertiary/aromatic N) is 3. The van der Waals surface area contributed by atoms with E-state index in [1.165, 1.54) is 10.9 Å².